The zero-order chi connectivity index (χ0) is 10.3. The van der Waals surface area contributed by atoms with Crippen LogP contribution in [0.2, 0.25) is 0 Å². The number of hydrogen-bond donors (Lipinski definition) is 2. The molecule has 74 valence electrons. The van der Waals surface area contributed by atoms with E-state index in [-0.39, 0.29) is 0 Å². The Hall–Kier alpha value is -1.28. The molecule has 2 heteroatoms. The summed E-state index contributed by atoms with van der Waals surface area (Å²) in [6.45, 7) is 7.02. The first-order valence-electron chi connectivity index (χ1n) is 4.92. The molecule has 3 N–H and O–H groups in total. The fourth-order valence-electron chi connectivity index (χ4n) is 2.22. The highest BCUT2D eigenvalue weighted by atomic mass is 14.7. The first-order chi connectivity index (χ1) is 6.65. The number of rotatable bonds is 1. The minimum Gasteiger partial charge on any atom is -0.361 e. The van der Waals surface area contributed by atoms with Crippen molar-refractivity contribution in [1.29, 1.82) is 0 Å². The Balaban J connectivity index is 2.89. The van der Waals surface area contributed by atoms with Crippen LogP contribution in [0.5, 0.6) is 0 Å². The average molecular weight is 188 g/mol. The number of aromatic nitrogens is 1. The standard InChI is InChI=1S/C12H16N2/c1-7-4-11-12(8(2)6-14-11)9(3)10(7)5-13/h4,6,14H,5,13H2,1-3H3. The monoisotopic (exact) mass is 188 g/mol. The summed E-state index contributed by atoms with van der Waals surface area (Å²) < 4.78 is 0. The van der Waals surface area contributed by atoms with Crippen LogP contribution < -0.4 is 5.73 Å². The van der Waals surface area contributed by atoms with Crippen LogP contribution in [0, 0.1) is 20.8 Å². The van der Waals surface area contributed by atoms with Crippen molar-refractivity contribution in [2.24, 2.45) is 5.73 Å². The molecule has 0 radical (unpaired) electrons. The maximum atomic E-state index is 5.75. The van der Waals surface area contributed by atoms with Gasteiger partial charge in [0.05, 0.1) is 0 Å². The van der Waals surface area contributed by atoms with Gasteiger partial charge in [-0.2, -0.15) is 0 Å². The zero-order valence-electron chi connectivity index (χ0n) is 8.94. The highest BCUT2D eigenvalue weighted by Crippen LogP contribution is 2.26. The molecule has 0 amide bonds. The number of aromatic amines is 1. The molecule has 0 atom stereocenters. The number of fused-ring (bicyclic) bond motifs is 1. The van der Waals surface area contributed by atoms with E-state index in [9.17, 15) is 0 Å². The fraction of sp³-hybridized carbons (Fsp3) is 0.333. The first kappa shape index (κ1) is 9.28. The summed E-state index contributed by atoms with van der Waals surface area (Å²) in [4.78, 5) is 3.28. The van der Waals surface area contributed by atoms with Crippen molar-refractivity contribution in [3.63, 3.8) is 0 Å². The Bertz CT molecular complexity index is 481. The summed E-state index contributed by atoms with van der Waals surface area (Å²) in [6, 6.07) is 2.18. The normalized spacial score (nSPS) is 11.1. The topological polar surface area (TPSA) is 41.8 Å². The van der Waals surface area contributed by atoms with Crippen molar-refractivity contribution in [3.05, 3.63) is 34.5 Å². The minimum atomic E-state index is 0.623. The summed E-state index contributed by atoms with van der Waals surface area (Å²) >= 11 is 0. The number of nitrogens with one attached hydrogen (secondary N) is 1. The molecule has 0 spiro atoms. The van der Waals surface area contributed by atoms with E-state index in [1.807, 2.05) is 0 Å². The zero-order valence-corrected chi connectivity index (χ0v) is 8.94. The molecule has 0 saturated carbocycles. The predicted octanol–water partition coefficient (Wildman–Crippen LogP) is 2.55. The van der Waals surface area contributed by atoms with Gasteiger partial charge in [0.1, 0.15) is 0 Å². The molecule has 0 aliphatic rings. The van der Waals surface area contributed by atoms with Gasteiger partial charge in [0.15, 0.2) is 0 Å². The Morgan fingerprint density at radius 3 is 2.57 bits per heavy atom. The number of hydrogen-bond acceptors (Lipinski definition) is 1. The molecule has 0 unspecified atom stereocenters. The molecule has 2 aromatic rings. The summed E-state index contributed by atoms with van der Waals surface area (Å²) in [5.74, 6) is 0. The van der Waals surface area contributed by atoms with Crippen LogP contribution in [0.1, 0.15) is 22.3 Å². The third kappa shape index (κ3) is 1.15. The quantitative estimate of drug-likeness (QED) is 0.709. The van der Waals surface area contributed by atoms with E-state index in [1.165, 1.54) is 33.2 Å². The van der Waals surface area contributed by atoms with E-state index in [2.05, 4.69) is 38.0 Å². The van der Waals surface area contributed by atoms with Gasteiger partial charge in [-0.3, -0.25) is 0 Å². The second-order valence-corrected chi connectivity index (χ2v) is 3.90. The van der Waals surface area contributed by atoms with Crippen LogP contribution in [0.25, 0.3) is 10.9 Å². The lowest BCUT2D eigenvalue weighted by molar-refractivity contribution is 1.03. The van der Waals surface area contributed by atoms with Gasteiger partial charge < -0.3 is 10.7 Å². The van der Waals surface area contributed by atoms with Gasteiger partial charge >= 0.3 is 0 Å². The lowest BCUT2D eigenvalue weighted by Gasteiger charge is -2.09. The molecule has 1 aromatic heterocycles. The molecule has 0 bridgehead atoms. The Morgan fingerprint density at radius 1 is 1.21 bits per heavy atom. The average Bonchev–Trinajstić information content (AvgIpc) is 2.48. The molecule has 2 nitrogen and oxygen atoms in total. The smallest absolute Gasteiger partial charge is 0.0462 e. The number of nitrogens with two attached hydrogens (primary N) is 1. The first-order valence-corrected chi connectivity index (χ1v) is 4.92. The number of benzene rings is 1. The summed E-state index contributed by atoms with van der Waals surface area (Å²) in [7, 11) is 0. The Labute approximate surface area is 84.1 Å². The van der Waals surface area contributed by atoms with Crippen LogP contribution in [0.15, 0.2) is 12.3 Å². The molecule has 1 aromatic carbocycles. The number of aryl methyl sites for hydroxylation is 3. The van der Waals surface area contributed by atoms with Gasteiger partial charge in [-0.15, -0.1) is 0 Å². The summed E-state index contributed by atoms with van der Waals surface area (Å²) in [5.41, 5.74) is 12.1. The third-order valence-corrected chi connectivity index (χ3v) is 2.98. The van der Waals surface area contributed by atoms with Gasteiger partial charge in [0, 0.05) is 23.6 Å². The largest absolute Gasteiger partial charge is 0.361 e. The van der Waals surface area contributed by atoms with Crippen molar-refractivity contribution >= 4 is 10.9 Å². The van der Waals surface area contributed by atoms with Crippen LogP contribution in [0.3, 0.4) is 0 Å². The molecule has 0 aliphatic carbocycles. The fourth-order valence-corrected chi connectivity index (χ4v) is 2.22. The molecular weight excluding hydrogens is 172 g/mol. The predicted molar refractivity (Wildman–Crippen MR) is 60.4 cm³/mol. The third-order valence-electron chi connectivity index (χ3n) is 2.98. The van der Waals surface area contributed by atoms with E-state index in [0.717, 1.165) is 0 Å². The Kier molecular flexibility index (Phi) is 2.08. The second kappa shape index (κ2) is 3.14. The van der Waals surface area contributed by atoms with Crippen molar-refractivity contribution in [1.82, 2.24) is 4.98 Å². The van der Waals surface area contributed by atoms with Crippen molar-refractivity contribution < 1.29 is 0 Å². The van der Waals surface area contributed by atoms with Crippen LogP contribution in [-0.4, -0.2) is 4.98 Å². The molecule has 0 saturated heterocycles. The van der Waals surface area contributed by atoms with E-state index < -0.39 is 0 Å². The van der Waals surface area contributed by atoms with Crippen molar-refractivity contribution in [3.8, 4) is 0 Å². The lowest BCUT2D eigenvalue weighted by atomic mass is 9.97. The van der Waals surface area contributed by atoms with Crippen LogP contribution in [0.4, 0.5) is 0 Å². The maximum Gasteiger partial charge on any atom is 0.0462 e. The molecule has 1 heterocycles. The van der Waals surface area contributed by atoms with Crippen molar-refractivity contribution in [2.75, 3.05) is 0 Å². The van der Waals surface area contributed by atoms with Gasteiger partial charge in [-0.25, -0.2) is 0 Å². The maximum absolute atomic E-state index is 5.75. The highest BCUT2D eigenvalue weighted by molar-refractivity contribution is 5.88. The molecule has 14 heavy (non-hydrogen) atoms. The van der Waals surface area contributed by atoms with E-state index in [1.54, 1.807) is 0 Å². The SMILES string of the molecule is Cc1cc2[nH]cc(C)c2c(C)c1CN. The molecule has 0 aliphatic heterocycles. The van der Waals surface area contributed by atoms with Gasteiger partial charge in [0.2, 0.25) is 0 Å². The lowest BCUT2D eigenvalue weighted by Crippen LogP contribution is -2.02. The highest BCUT2D eigenvalue weighted by Gasteiger charge is 2.08. The minimum absolute atomic E-state index is 0.623. The Morgan fingerprint density at radius 2 is 1.93 bits per heavy atom. The molecule has 0 fully saturated rings. The van der Waals surface area contributed by atoms with Crippen molar-refractivity contribution in [2.45, 2.75) is 27.3 Å². The molecular formula is C12H16N2. The van der Waals surface area contributed by atoms with Gasteiger partial charge in [0.25, 0.3) is 0 Å². The van der Waals surface area contributed by atoms with E-state index >= 15 is 0 Å². The van der Waals surface area contributed by atoms with Gasteiger partial charge in [-0.05, 0) is 49.1 Å². The second-order valence-electron chi connectivity index (χ2n) is 3.90. The van der Waals surface area contributed by atoms with Crippen LogP contribution in [-0.2, 0) is 6.54 Å². The number of H-pyrrole nitrogens is 1. The van der Waals surface area contributed by atoms with Crippen LogP contribution >= 0.6 is 0 Å². The van der Waals surface area contributed by atoms with E-state index in [4.69, 9.17) is 5.73 Å². The summed E-state index contributed by atoms with van der Waals surface area (Å²) in [6.07, 6.45) is 2.05. The molecule has 2 rings (SSSR count). The van der Waals surface area contributed by atoms with E-state index in [0.29, 0.717) is 6.54 Å². The summed E-state index contributed by atoms with van der Waals surface area (Å²) in [5, 5.41) is 1.33. The van der Waals surface area contributed by atoms with Gasteiger partial charge in [-0.1, -0.05) is 0 Å².